The van der Waals surface area contributed by atoms with E-state index in [1.54, 1.807) is 17.9 Å². The molecule has 0 aromatic heterocycles. The van der Waals surface area contributed by atoms with Crippen LogP contribution in [0.3, 0.4) is 0 Å². The fourth-order valence-electron chi connectivity index (χ4n) is 1.18. The Morgan fingerprint density at radius 3 is 2.92 bits per heavy atom. The fourth-order valence-corrected chi connectivity index (χ4v) is 1.18. The highest BCUT2D eigenvalue weighted by Gasteiger charge is 2.16. The molecule has 1 heterocycles. The predicted molar refractivity (Wildman–Crippen MR) is 53.0 cm³/mol. The zero-order valence-electron chi connectivity index (χ0n) is 7.92. The lowest BCUT2D eigenvalue weighted by Crippen LogP contribution is -2.19. The summed E-state index contributed by atoms with van der Waals surface area (Å²) in [5.74, 6) is -0.225. The maximum absolute atomic E-state index is 13.5. The van der Waals surface area contributed by atoms with Gasteiger partial charge in [0.2, 0.25) is 0 Å². The predicted octanol–water partition coefficient (Wildman–Crippen LogP) is 2.62. The van der Waals surface area contributed by atoms with Gasteiger partial charge in [-0.15, -0.1) is 0 Å². The van der Waals surface area contributed by atoms with E-state index in [1.165, 1.54) is 6.20 Å². The highest BCUT2D eigenvalue weighted by Crippen LogP contribution is 2.25. The van der Waals surface area contributed by atoms with Crippen LogP contribution in [-0.4, -0.2) is 18.2 Å². The Balaban J connectivity index is 3.07. The fraction of sp³-hybridized carbons (Fsp3) is 0.300. The molecule has 0 atom stereocenters. The van der Waals surface area contributed by atoms with Crippen molar-refractivity contribution in [1.82, 2.24) is 4.90 Å². The quantitative estimate of drug-likeness (QED) is 0.596. The molecule has 0 fully saturated rings. The number of allylic oxidation sites excluding steroid dienone is 3. The van der Waals surface area contributed by atoms with Crippen molar-refractivity contribution >= 4 is 6.72 Å². The second kappa shape index (κ2) is 4.03. The van der Waals surface area contributed by atoms with Gasteiger partial charge in [-0.25, -0.2) is 4.39 Å². The van der Waals surface area contributed by atoms with Crippen LogP contribution in [0.5, 0.6) is 0 Å². The largest absolute Gasteiger partial charge is 0.345 e. The molecule has 0 aromatic rings. The third-order valence-electron chi connectivity index (χ3n) is 1.94. The topological polar surface area (TPSA) is 15.6 Å². The zero-order valence-corrected chi connectivity index (χ0v) is 7.92. The molecular formula is C10H13FN2. The molecule has 3 heteroatoms. The van der Waals surface area contributed by atoms with Crippen LogP contribution in [0.25, 0.3) is 0 Å². The molecule has 0 spiro atoms. The summed E-state index contributed by atoms with van der Waals surface area (Å²) >= 11 is 0. The van der Waals surface area contributed by atoms with Crippen molar-refractivity contribution in [3.63, 3.8) is 0 Å². The van der Waals surface area contributed by atoms with Crippen molar-refractivity contribution < 1.29 is 4.39 Å². The summed E-state index contributed by atoms with van der Waals surface area (Å²) in [5.41, 5.74) is 1.11. The number of hydrogen-bond acceptors (Lipinski definition) is 2. The van der Waals surface area contributed by atoms with E-state index < -0.39 is 0 Å². The molecule has 70 valence electrons. The van der Waals surface area contributed by atoms with Crippen molar-refractivity contribution in [2.45, 2.75) is 13.8 Å². The lowest BCUT2D eigenvalue weighted by molar-refractivity contribution is 0.450. The van der Waals surface area contributed by atoms with E-state index in [9.17, 15) is 4.39 Å². The molecule has 0 unspecified atom stereocenters. The van der Waals surface area contributed by atoms with Gasteiger partial charge in [-0.3, -0.25) is 4.99 Å². The summed E-state index contributed by atoms with van der Waals surface area (Å²) in [6.45, 7) is 7.72. The Kier molecular flexibility index (Phi) is 3.01. The Morgan fingerprint density at radius 2 is 2.38 bits per heavy atom. The Hall–Kier alpha value is -1.38. The van der Waals surface area contributed by atoms with Crippen LogP contribution in [0.1, 0.15) is 13.8 Å². The third kappa shape index (κ3) is 1.86. The first-order valence-corrected chi connectivity index (χ1v) is 4.18. The van der Waals surface area contributed by atoms with E-state index in [2.05, 4.69) is 11.7 Å². The first kappa shape index (κ1) is 9.71. The van der Waals surface area contributed by atoms with Gasteiger partial charge < -0.3 is 4.90 Å². The molecule has 0 saturated heterocycles. The summed E-state index contributed by atoms with van der Waals surface area (Å²) < 4.78 is 13.5. The number of rotatable bonds is 2. The van der Waals surface area contributed by atoms with Crippen LogP contribution >= 0.6 is 0 Å². The summed E-state index contributed by atoms with van der Waals surface area (Å²) in [6, 6.07) is 0. The Labute approximate surface area is 77.8 Å². The van der Waals surface area contributed by atoms with Crippen LogP contribution in [-0.2, 0) is 0 Å². The molecule has 1 aliphatic rings. The van der Waals surface area contributed by atoms with Crippen LogP contribution in [0, 0.1) is 0 Å². The molecule has 0 saturated carbocycles. The summed E-state index contributed by atoms with van der Waals surface area (Å²) in [4.78, 5) is 5.37. The van der Waals surface area contributed by atoms with E-state index in [1.807, 2.05) is 13.1 Å². The molecule has 1 rings (SSSR count). The minimum atomic E-state index is -0.225. The van der Waals surface area contributed by atoms with E-state index >= 15 is 0 Å². The summed E-state index contributed by atoms with van der Waals surface area (Å²) in [6.07, 6.45) is 5.03. The second-order valence-corrected chi connectivity index (χ2v) is 2.80. The minimum absolute atomic E-state index is 0.225. The van der Waals surface area contributed by atoms with Crippen LogP contribution in [0.15, 0.2) is 40.6 Å². The van der Waals surface area contributed by atoms with E-state index in [4.69, 9.17) is 0 Å². The normalized spacial score (nSPS) is 19.9. The lowest BCUT2D eigenvalue weighted by atomic mass is 10.1. The van der Waals surface area contributed by atoms with Crippen LogP contribution in [0.2, 0.25) is 0 Å². The van der Waals surface area contributed by atoms with Gasteiger partial charge in [0.15, 0.2) is 5.83 Å². The average Bonchev–Trinajstić information content (AvgIpc) is 2.14. The SMILES string of the molecule is C=N/C=C1/C(F)=C(C)C=CN1CC. The van der Waals surface area contributed by atoms with Crippen LogP contribution in [0.4, 0.5) is 4.39 Å². The standard InChI is InChI=1S/C10H13FN2/c1-4-13-6-5-8(2)10(11)9(13)7-12-3/h5-7H,3-4H2,1-2H3/b9-7-. The van der Waals surface area contributed by atoms with Gasteiger partial charge in [0, 0.05) is 12.7 Å². The van der Waals surface area contributed by atoms with Crippen molar-refractivity contribution in [1.29, 1.82) is 0 Å². The van der Waals surface area contributed by atoms with Gasteiger partial charge in [-0.2, -0.15) is 0 Å². The Bertz CT molecular complexity index is 300. The molecule has 1 aliphatic heterocycles. The average molecular weight is 180 g/mol. The summed E-state index contributed by atoms with van der Waals surface area (Å²) in [7, 11) is 0. The molecule has 0 amide bonds. The van der Waals surface area contributed by atoms with E-state index in [0.29, 0.717) is 11.3 Å². The molecule has 0 aliphatic carbocycles. The monoisotopic (exact) mass is 180 g/mol. The Morgan fingerprint density at radius 1 is 1.69 bits per heavy atom. The van der Waals surface area contributed by atoms with Gasteiger partial charge in [-0.1, -0.05) is 0 Å². The van der Waals surface area contributed by atoms with Gasteiger partial charge in [-0.05, 0) is 32.2 Å². The molecule has 0 radical (unpaired) electrons. The van der Waals surface area contributed by atoms with Gasteiger partial charge in [0.25, 0.3) is 0 Å². The number of hydrogen-bond donors (Lipinski definition) is 0. The third-order valence-corrected chi connectivity index (χ3v) is 1.94. The molecule has 0 bridgehead atoms. The van der Waals surface area contributed by atoms with E-state index in [-0.39, 0.29) is 5.83 Å². The van der Waals surface area contributed by atoms with Gasteiger partial charge >= 0.3 is 0 Å². The number of nitrogens with zero attached hydrogens (tertiary/aromatic N) is 2. The van der Waals surface area contributed by atoms with E-state index in [0.717, 1.165) is 6.54 Å². The molecule has 13 heavy (non-hydrogen) atoms. The molecule has 0 aromatic carbocycles. The van der Waals surface area contributed by atoms with Crippen molar-refractivity contribution in [3.8, 4) is 0 Å². The van der Waals surface area contributed by atoms with Crippen LogP contribution < -0.4 is 0 Å². The maximum Gasteiger partial charge on any atom is 0.151 e. The van der Waals surface area contributed by atoms with Gasteiger partial charge in [0.05, 0.1) is 11.9 Å². The number of aliphatic imine (C=N–C) groups is 1. The minimum Gasteiger partial charge on any atom is -0.345 e. The van der Waals surface area contributed by atoms with Crippen molar-refractivity contribution in [3.05, 3.63) is 35.6 Å². The molecule has 0 N–H and O–H groups in total. The zero-order chi connectivity index (χ0) is 9.84. The first-order chi connectivity index (χ1) is 6.20. The second-order valence-electron chi connectivity index (χ2n) is 2.80. The lowest BCUT2D eigenvalue weighted by Gasteiger charge is -2.24. The maximum atomic E-state index is 13.5. The molecular weight excluding hydrogens is 167 g/mol. The van der Waals surface area contributed by atoms with Crippen molar-refractivity contribution in [2.75, 3.05) is 6.54 Å². The number of halogens is 1. The smallest absolute Gasteiger partial charge is 0.151 e. The van der Waals surface area contributed by atoms with Gasteiger partial charge in [0.1, 0.15) is 0 Å². The highest BCUT2D eigenvalue weighted by molar-refractivity contribution is 5.40. The number of likely N-dealkylation sites (N-methyl/N-ethyl adjacent to an activating group) is 1. The van der Waals surface area contributed by atoms with Crippen molar-refractivity contribution in [2.24, 2.45) is 4.99 Å². The molecule has 2 nitrogen and oxygen atoms in total. The summed E-state index contributed by atoms with van der Waals surface area (Å²) in [5, 5.41) is 0. The first-order valence-electron chi connectivity index (χ1n) is 4.18. The highest BCUT2D eigenvalue weighted by atomic mass is 19.1.